The Balaban J connectivity index is 1.95. The van der Waals surface area contributed by atoms with E-state index in [1.54, 1.807) is 11.3 Å². The highest BCUT2D eigenvalue weighted by molar-refractivity contribution is 7.12. The van der Waals surface area contributed by atoms with E-state index < -0.39 is 5.97 Å². The van der Waals surface area contributed by atoms with Crippen molar-refractivity contribution in [1.29, 1.82) is 0 Å². The van der Waals surface area contributed by atoms with E-state index in [-0.39, 0.29) is 18.6 Å². The molecular formula is C15H22N2O3S. The zero-order valence-electron chi connectivity index (χ0n) is 12.5. The highest BCUT2D eigenvalue weighted by atomic mass is 32.1. The number of amides is 2. The Morgan fingerprint density at radius 3 is 2.57 bits per heavy atom. The van der Waals surface area contributed by atoms with Crippen molar-refractivity contribution in [3.63, 3.8) is 0 Å². The zero-order valence-corrected chi connectivity index (χ0v) is 13.3. The largest absolute Gasteiger partial charge is 0.480 e. The monoisotopic (exact) mass is 310 g/mol. The van der Waals surface area contributed by atoms with E-state index in [9.17, 15) is 9.59 Å². The quantitative estimate of drug-likeness (QED) is 0.878. The van der Waals surface area contributed by atoms with Gasteiger partial charge in [0.05, 0.1) is 6.54 Å². The number of carbonyl (C=O) groups excluding carboxylic acids is 1. The van der Waals surface area contributed by atoms with Crippen molar-refractivity contribution in [3.05, 3.63) is 21.4 Å². The molecule has 2 amide bonds. The molecule has 1 aromatic heterocycles. The molecule has 1 aliphatic carbocycles. The van der Waals surface area contributed by atoms with Crippen molar-refractivity contribution < 1.29 is 14.7 Å². The first-order valence-electron chi connectivity index (χ1n) is 7.29. The highest BCUT2D eigenvalue weighted by Gasteiger charge is 2.28. The molecule has 1 fully saturated rings. The second-order valence-corrected chi connectivity index (χ2v) is 6.91. The molecule has 2 rings (SSSR count). The molecule has 116 valence electrons. The van der Waals surface area contributed by atoms with Gasteiger partial charge in [0.1, 0.15) is 6.54 Å². The Hall–Kier alpha value is -1.56. The fourth-order valence-electron chi connectivity index (χ4n) is 2.73. The van der Waals surface area contributed by atoms with Crippen LogP contribution in [0.3, 0.4) is 0 Å². The average Bonchev–Trinajstić information content (AvgIpc) is 3.04. The molecule has 1 heterocycles. The third kappa shape index (κ3) is 4.20. The van der Waals surface area contributed by atoms with Crippen molar-refractivity contribution in [3.8, 4) is 0 Å². The molecule has 0 bridgehead atoms. The van der Waals surface area contributed by atoms with Gasteiger partial charge in [-0.15, -0.1) is 11.3 Å². The fraction of sp³-hybridized carbons (Fsp3) is 0.600. The van der Waals surface area contributed by atoms with Gasteiger partial charge >= 0.3 is 12.0 Å². The van der Waals surface area contributed by atoms with Crippen LogP contribution in [-0.4, -0.2) is 34.6 Å². The predicted molar refractivity (Wildman–Crippen MR) is 82.6 cm³/mol. The van der Waals surface area contributed by atoms with Crippen molar-refractivity contribution in [2.24, 2.45) is 0 Å². The number of carbonyl (C=O) groups is 2. The van der Waals surface area contributed by atoms with Crippen molar-refractivity contribution in [2.45, 2.75) is 52.1 Å². The van der Waals surface area contributed by atoms with Crippen LogP contribution in [0.2, 0.25) is 0 Å². The smallest absolute Gasteiger partial charge is 0.323 e. The average molecular weight is 310 g/mol. The number of aryl methyl sites for hydroxylation is 2. The summed E-state index contributed by atoms with van der Waals surface area (Å²) >= 11 is 1.66. The van der Waals surface area contributed by atoms with Crippen LogP contribution in [0.4, 0.5) is 4.79 Å². The standard InChI is InChI=1S/C15H22N2O3S/c1-10-7-13(21-11(10)2)8-16-15(20)17(9-14(18)19)12-5-3-4-6-12/h7,12H,3-6,8-9H2,1-2H3,(H,16,20)(H,18,19). The van der Waals surface area contributed by atoms with Crippen LogP contribution >= 0.6 is 11.3 Å². The van der Waals surface area contributed by atoms with Gasteiger partial charge in [0, 0.05) is 15.8 Å². The lowest BCUT2D eigenvalue weighted by molar-refractivity contribution is -0.138. The topological polar surface area (TPSA) is 69.6 Å². The number of rotatable bonds is 5. The Kier molecular flexibility index (Phi) is 5.22. The van der Waals surface area contributed by atoms with E-state index in [0.29, 0.717) is 6.54 Å². The van der Waals surface area contributed by atoms with Crippen LogP contribution < -0.4 is 5.32 Å². The summed E-state index contributed by atoms with van der Waals surface area (Å²) in [4.78, 5) is 27.1. The van der Waals surface area contributed by atoms with Gasteiger partial charge in [-0.3, -0.25) is 4.79 Å². The third-order valence-electron chi connectivity index (χ3n) is 3.96. The van der Waals surface area contributed by atoms with Gasteiger partial charge in [-0.1, -0.05) is 12.8 Å². The number of hydrogen-bond donors (Lipinski definition) is 2. The van der Waals surface area contributed by atoms with E-state index >= 15 is 0 Å². The van der Waals surface area contributed by atoms with Gasteiger partial charge in [-0.05, 0) is 38.3 Å². The molecule has 0 aliphatic heterocycles. The predicted octanol–water partition coefficient (Wildman–Crippen LogP) is 2.90. The van der Waals surface area contributed by atoms with Gasteiger partial charge < -0.3 is 15.3 Å². The molecule has 6 heteroatoms. The minimum Gasteiger partial charge on any atom is -0.480 e. The highest BCUT2D eigenvalue weighted by Crippen LogP contribution is 2.24. The molecule has 0 spiro atoms. The van der Waals surface area contributed by atoms with Crippen LogP contribution in [0.5, 0.6) is 0 Å². The zero-order chi connectivity index (χ0) is 15.4. The molecule has 1 saturated carbocycles. The third-order valence-corrected chi connectivity index (χ3v) is 5.12. The molecule has 0 radical (unpaired) electrons. The van der Waals surface area contributed by atoms with Crippen LogP contribution in [0.1, 0.15) is 41.0 Å². The fourth-order valence-corrected chi connectivity index (χ4v) is 3.72. The normalized spacial score (nSPS) is 15.1. The maximum absolute atomic E-state index is 12.3. The lowest BCUT2D eigenvalue weighted by atomic mass is 10.2. The maximum atomic E-state index is 12.3. The first kappa shape index (κ1) is 15.8. The first-order valence-corrected chi connectivity index (χ1v) is 8.11. The van der Waals surface area contributed by atoms with Crippen LogP contribution in [-0.2, 0) is 11.3 Å². The maximum Gasteiger partial charge on any atom is 0.323 e. The number of nitrogens with one attached hydrogen (secondary N) is 1. The Morgan fingerprint density at radius 1 is 1.38 bits per heavy atom. The summed E-state index contributed by atoms with van der Waals surface area (Å²) in [7, 11) is 0. The minimum absolute atomic E-state index is 0.0629. The molecule has 0 unspecified atom stereocenters. The first-order chi connectivity index (χ1) is 9.97. The Bertz CT molecular complexity index is 501. The summed E-state index contributed by atoms with van der Waals surface area (Å²) in [6.45, 7) is 4.34. The number of hydrogen-bond acceptors (Lipinski definition) is 3. The van der Waals surface area contributed by atoms with E-state index in [4.69, 9.17) is 5.11 Å². The number of nitrogens with zero attached hydrogens (tertiary/aromatic N) is 1. The Morgan fingerprint density at radius 2 is 2.05 bits per heavy atom. The number of thiophene rings is 1. The van der Waals surface area contributed by atoms with Gasteiger partial charge in [-0.2, -0.15) is 0 Å². The summed E-state index contributed by atoms with van der Waals surface area (Å²) in [5.41, 5.74) is 1.22. The van der Waals surface area contributed by atoms with E-state index in [1.165, 1.54) is 15.3 Å². The van der Waals surface area contributed by atoms with E-state index in [1.807, 2.05) is 6.92 Å². The summed E-state index contributed by atoms with van der Waals surface area (Å²) < 4.78 is 0. The minimum atomic E-state index is -0.958. The molecule has 0 saturated heterocycles. The molecule has 0 atom stereocenters. The molecule has 0 aromatic carbocycles. The number of carboxylic acid groups (broad SMARTS) is 1. The van der Waals surface area contributed by atoms with Crippen molar-refractivity contribution in [1.82, 2.24) is 10.2 Å². The second-order valence-electron chi connectivity index (χ2n) is 5.57. The lowest BCUT2D eigenvalue weighted by Gasteiger charge is -2.27. The summed E-state index contributed by atoms with van der Waals surface area (Å²) in [6.07, 6.45) is 3.94. The molecular weight excluding hydrogens is 288 g/mol. The van der Waals surface area contributed by atoms with Crippen molar-refractivity contribution in [2.75, 3.05) is 6.54 Å². The molecule has 1 aliphatic rings. The summed E-state index contributed by atoms with van der Waals surface area (Å²) in [5, 5.41) is 11.9. The van der Waals surface area contributed by atoms with Crippen molar-refractivity contribution >= 4 is 23.3 Å². The molecule has 5 nitrogen and oxygen atoms in total. The van der Waals surface area contributed by atoms with Gasteiger partial charge in [0.2, 0.25) is 0 Å². The van der Waals surface area contributed by atoms with Crippen LogP contribution in [0, 0.1) is 13.8 Å². The van der Waals surface area contributed by atoms with Gasteiger partial charge in [0.25, 0.3) is 0 Å². The summed E-state index contributed by atoms with van der Waals surface area (Å²) in [5.74, 6) is -0.958. The van der Waals surface area contributed by atoms with Gasteiger partial charge in [-0.25, -0.2) is 4.79 Å². The number of carboxylic acids is 1. The number of aliphatic carboxylic acids is 1. The number of urea groups is 1. The second kappa shape index (κ2) is 6.93. The SMILES string of the molecule is Cc1cc(CNC(=O)N(CC(=O)O)C2CCCC2)sc1C. The Labute approximate surface area is 129 Å². The molecule has 1 aromatic rings. The molecule has 21 heavy (non-hydrogen) atoms. The van der Waals surface area contributed by atoms with Gasteiger partial charge in [0.15, 0.2) is 0 Å². The van der Waals surface area contributed by atoms with Crippen LogP contribution in [0.15, 0.2) is 6.07 Å². The van der Waals surface area contributed by atoms with E-state index in [0.717, 1.165) is 30.6 Å². The van der Waals surface area contributed by atoms with E-state index in [2.05, 4.69) is 18.3 Å². The lowest BCUT2D eigenvalue weighted by Crippen LogP contribution is -2.47. The summed E-state index contributed by atoms with van der Waals surface area (Å²) in [6, 6.07) is 1.86. The van der Waals surface area contributed by atoms with Crippen LogP contribution in [0.25, 0.3) is 0 Å². The molecule has 2 N–H and O–H groups in total.